The van der Waals surface area contributed by atoms with Gasteiger partial charge in [0.2, 0.25) is 0 Å². The molecular formula is C27H25FN4O3. The highest BCUT2D eigenvalue weighted by molar-refractivity contribution is 6.00. The lowest BCUT2D eigenvalue weighted by atomic mass is 9.95. The number of carbonyl (C=O) groups excluding carboxylic acids is 1. The topological polar surface area (TPSA) is 87.3 Å². The number of halogens is 1. The summed E-state index contributed by atoms with van der Waals surface area (Å²) in [6.07, 6.45) is 3.06. The van der Waals surface area contributed by atoms with E-state index in [1.807, 2.05) is 32.0 Å². The van der Waals surface area contributed by atoms with E-state index in [4.69, 9.17) is 4.74 Å². The van der Waals surface area contributed by atoms with E-state index in [-0.39, 0.29) is 22.5 Å². The van der Waals surface area contributed by atoms with Crippen molar-refractivity contribution in [3.63, 3.8) is 0 Å². The van der Waals surface area contributed by atoms with Crippen LogP contribution in [0.15, 0.2) is 59.5 Å². The van der Waals surface area contributed by atoms with Gasteiger partial charge in [0.15, 0.2) is 5.43 Å². The number of para-hydroxylation sites is 1. The average Bonchev–Trinajstić information content (AvgIpc) is 3.48. The van der Waals surface area contributed by atoms with E-state index < -0.39 is 17.3 Å². The van der Waals surface area contributed by atoms with Gasteiger partial charge in [0, 0.05) is 29.0 Å². The first-order valence-corrected chi connectivity index (χ1v) is 11.7. The Morgan fingerprint density at radius 2 is 2.00 bits per heavy atom. The number of carbonyl (C=O) groups is 1. The number of nitrogens with one attached hydrogen (secondary N) is 2. The van der Waals surface area contributed by atoms with E-state index in [0.29, 0.717) is 22.5 Å². The molecular weight excluding hydrogens is 447 g/mol. The highest BCUT2D eigenvalue weighted by Crippen LogP contribution is 2.32. The molecule has 2 fully saturated rings. The van der Waals surface area contributed by atoms with Crippen LogP contribution in [0.25, 0.3) is 21.8 Å². The highest BCUT2D eigenvalue weighted by Gasteiger charge is 2.39. The van der Waals surface area contributed by atoms with Crippen molar-refractivity contribution in [3.05, 3.63) is 81.9 Å². The molecule has 2 bridgehead atoms. The molecule has 1 amide bonds. The monoisotopic (exact) mass is 472 g/mol. The largest absolute Gasteiger partial charge is 0.374 e. The first-order valence-electron chi connectivity index (χ1n) is 11.7. The smallest absolute Gasteiger partial charge is 0.255 e. The van der Waals surface area contributed by atoms with Gasteiger partial charge in [-0.25, -0.2) is 9.37 Å². The lowest BCUT2D eigenvalue weighted by Crippen LogP contribution is -2.41. The Balaban J connectivity index is 1.27. The van der Waals surface area contributed by atoms with Crippen molar-refractivity contribution < 1.29 is 13.9 Å². The van der Waals surface area contributed by atoms with E-state index in [1.54, 1.807) is 24.4 Å². The molecule has 35 heavy (non-hydrogen) atoms. The standard InChI is InChI=1S/C27H25FN4O3/c1-27(2,15-7-8-24(29-12-15)32-13-17-9-16(32)14-35-17)31-26(34)19-11-23-20(10-21(19)28)25(33)18-5-3-4-6-22(18)30-23/h3-8,10-12,16-17H,9,13-14H2,1-2H3,(H,30,33)(H,31,34)/t16-,17-/m0/s1. The summed E-state index contributed by atoms with van der Waals surface area (Å²) in [5.74, 6) is -0.420. The molecule has 2 atom stereocenters. The van der Waals surface area contributed by atoms with Gasteiger partial charge in [-0.15, -0.1) is 0 Å². The molecule has 4 aromatic rings. The molecule has 2 aliphatic rings. The fourth-order valence-corrected chi connectivity index (χ4v) is 5.15. The quantitative estimate of drug-likeness (QED) is 0.441. The first kappa shape index (κ1) is 21.7. The van der Waals surface area contributed by atoms with E-state index in [9.17, 15) is 14.0 Å². The van der Waals surface area contributed by atoms with Crippen molar-refractivity contribution in [2.45, 2.75) is 38.0 Å². The molecule has 7 nitrogen and oxygen atoms in total. The Morgan fingerprint density at radius 3 is 2.71 bits per heavy atom. The fourth-order valence-electron chi connectivity index (χ4n) is 5.15. The van der Waals surface area contributed by atoms with Crippen LogP contribution in [0.2, 0.25) is 0 Å². The number of aromatic nitrogens is 2. The van der Waals surface area contributed by atoms with Crippen molar-refractivity contribution >= 4 is 33.5 Å². The maximum absolute atomic E-state index is 15.0. The Labute approximate surface area is 200 Å². The van der Waals surface area contributed by atoms with Crippen molar-refractivity contribution in [1.29, 1.82) is 0 Å². The SMILES string of the molecule is CC(C)(NC(=O)c1cc2[nH]c3ccccc3c(=O)c2cc1F)c1ccc(N2C[C@@H]3C[C@H]2CO3)nc1. The van der Waals surface area contributed by atoms with Crippen LogP contribution in [-0.2, 0) is 10.3 Å². The fraction of sp³-hybridized carbons (Fsp3) is 0.296. The van der Waals surface area contributed by atoms with E-state index in [2.05, 4.69) is 20.2 Å². The van der Waals surface area contributed by atoms with Gasteiger partial charge in [-0.1, -0.05) is 18.2 Å². The number of amides is 1. The molecule has 0 unspecified atom stereocenters. The predicted octanol–water partition coefficient (Wildman–Crippen LogP) is 3.86. The third-order valence-electron chi connectivity index (χ3n) is 7.13. The van der Waals surface area contributed by atoms with Gasteiger partial charge < -0.3 is 19.9 Å². The molecule has 0 spiro atoms. The van der Waals surface area contributed by atoms with Gasteiger partial charge in [-0.2, -0.15) is 0 Å². The maximum atomic E-state index is 15.0. The Morgan fingerprint density at radius 1 is 1.17 bits per heavy atom. The number of ether oxygens (including phenoxy) is 1. The second-order valence-electron chi connectivity index (χ2n) is 9.86. The molecule has 0 radical (unpaired) electrons. The van der Waals surface area contributed by atoms with E-state index in [1.165, 1.54) is 6.07 Å². The molecule has 6 rings (SSSR count). The van der Waals surface area contributed by atoms with Crippen LogP contribution < -0.4 is 15.6 Å². The zero-order valence-electron chi connectivity index (χ0n) is 19.5. The van der Waals surface area contributed by atoms with Gasteiger partial charge in [0.05, 0.1) is 35.4 Å². The lowest BCUT2D eigenvalue weighted by Gasteiger charge is -2.30. The van der Waals surface area contributed by atoms with Crippen molar-refractivity contribution in [3.8, 4) is 0 Å². The van der Waals surface area contributed by atoms with Gasteiger partial charge >= 0.3 is 0 Å². The zero-order chi connectivity index (χ0) is 24.3. The van der Waals surface area contributed by atoms with Crippen LogP contribution in [0.5, 0.6) is 0 Å². The number of pyridine rings is 2. The minimum atomic E-state index is -0.798. The maximum Gasteiger partial charge on any atom is 0.255 e. The number of hydrogen-bond acceptors (Lipinski definition) is 5. The third-order valence-corrected chi connectivity index (χ3v) is 7.13. The summed E-state index contributed by atoms with van der Waals surface area (Å²) >= 11 is 0. The lowest BCUT2D eigenvalue weighted by molar-refractivity contribution is 0.0907. The van der Waals surface area contributed by atoms with Crippen LogP contribution in [0.3, 0.4) is 0 Å². The number of anilines is 1. The molecule has 2 N–H and O–H groups in total. The number of rotatable bonds is 4. The number of H-pyrrole nitrogens is 1. The second-order valence-corrected chi connectivity index (χ2v) is 9.86. The average molecular weight is 473 g/mol. The molecule has 2 aliphatic heterocycles. The minimum absolute atomic E-state index is 0.130. The first-order chi connectivity index (χ1) is 16.8. The highest BCUT2D eigenvalue weighted by atomic mass is 19.1. The normalized spacial score (nSPS) is 19.6. The van der Waals surface area contributed by atoms with E-state index >= 15 is 0 Å². The predicted molar refractivity (Wildman–Crippen MR) is 132 cm³/mol. The molecule has 8 heteroatoms. The van der Waals surface area contributed by atoms with Crippen molar-refractivity contribution in [2.24, 2.45) is 0 Å². The second kappa shape index (κ2) is 7.88. The van der Waals surface area contributed by atoms with Crippen molar-refractivity contribution in [2.75, 3.05) is 18.1 Å². The molecule has 0 saturated carbocycles. The van der Waals surface area contributed by atoms with Gasteiger partial charge in [0.25, 0.3) is 5.91 Å². The molecule has 0 aliphatic carbocycles. The van der Waals surface area contributed by atoms with Crippen molar-refractivity contribution in [1.82, 2.24) is 15.3 Å². The molecule has 2 aromatic carbocycles. The summed E-state index contributed by atoms with van der Waals surface area (Å²) in [5, 5.41) is 3.60. The molecule has 178 valence electrons. The third kappa shape index (κ3) is 3.65. The minimum Gasteiger partial charge on any atom is -0.374 e. The van der Waals surface area contributed by atoms with Crippen LogP contribution in [0.1, 0.15) is 36.2 Å². The van der Waals surface area contributed by atoms with Crippen LogP contribution in [0, 0.1) is 5.82 Å². The van der Waals surface area contributed by atoms with Gasteiger partial charge in [-0.05, 0) is 56.2 Å². The summed E-state index contributed by atoms with van der Waals surface area (Å²) in [7, 11) is 0. The number of nitrogens with zero attached hydrogens (tertiary/aromatic N) is 2. The summed E-state index contributed by atoms with van der Waals surface area (Å²) < 4.78 is 20.6. The van der Waals surface area contributed by atoms with Crippen LogP contribution >= 0.6 is 0 Å². The summed E-state index contributed by atoms with van der Waals surface area (Å²) in [6.45, 7) is 5.27. The number of hydrogen-bond donors (Lipinski definition) is 2. The summed E-state index contributed by atoms with van der Waals surface area (Å²) in [4.78, 5) is 36.0. The number of aromatic amines is 1. The van der Waals surface area contributed by atoms with Gasteiger partial charge in [-0.3, -0.25) is 9.59 Å². The summed E-state index contributed by atoms with van der Waals surface area (Å²) in [5.41, 5.74) is 0.642. The Kier molecular flexibility index (Phi) is 4.89. The Bertz CT molecular complexity index is 1530. The number of morpholine rings is 1. The van der Waals surface area contributed by atoms with Crippen LogP contribution in [-0.4, -0.2) is 41.2 Å². The Hall–Kier alpha value is -3.78. The molecule has 2 aromatic heterocycles. The van der Waals surface area contributed by atoms with Gasteiger partial charge in [0.1, 0.15) is 11.6 Å². The molecule has 2 saturated heterocycles. The summed E-state index contributed by atoms with van der Waals surface area (Å²) in [6, 6.07) is 13.8. The van der Waals surface area contributed by atoms with Crippen LogP contribution in [0.4, 0.5) is 10.2 Å². The zero-order valence-corrected chi connectivity index (χ0v) is 19.5. The molecule has 4 heterocycles. The number of fused-ring (bicyclic) bond motifs is 4. The number of benzene rings is 2. The van der Waals surface area contributed by atoms with E-state index in [0.717, 1.165) is 37.0 Å².